The minimum Gasteiger partial charge on any atom is -0.113 e. The van der Waals surface area contributed by atoms with Crippen molar-refractivity contribution in [2.24, 2.45) is 0 Å². The van der Waals surface area contributed by atoms with Crippen molar-refractivity contribution in [3.63, 3.8) is 0 Å². The maximum absolute atomic E-state index is 6.43. The molecule has 0 aliphatic rings. The van der Waals surface area contributed by atoms with Crippen molar-refractivity contribution in [1.82, 2.24) is 0 Å². The molecule has 0 saturated carbocycles. The first-order valence-electron chi connectivity index (χ1n) is 5.23. The Bertz CT molecular complexity index is 520. The fourth-order valence-electron chi connectivity index (χ4n) is 1.59. The Hall–Kier alpha value is -0.500. The number of hydrogen-bond acceptors (Lipinski definition) is 0. The summed E-state index contributed by atoms with van der Waals surface area (Å²) in [4.78, 5) is 0. The fourth-order valence-corrected chi connectivity index (χ4v) is 2.33. The summed E-state index contributed by atoms with van der Waals surface area (Å²) in [6.45, 7) is 1.98. The van der Waals surface area contributed by atoms with Crippen LogP contribution in [0.3, 0.4) is 0 Å². The molecule has 0 aliphatic carbocycles. The lowest BCUT2D eigenvalue weighted by Crippen LogP contribution is -1.93. The van der Waals surface area contributed by atoms with Crippen molar-refractivity contribution in [3.05, 3.63) is 68.7 Å². The number of hydrogen-bond donors (Lipinski definition) is 0. The first kappa shape index (κ1) is 12.9. The molecule has 0 bridgehead atoms. The topological polar surface area (TPSA) is 0 Å². The smallest absolute Gasteiger partial charge is 0.0835 e. The van der Waals surface area contributed by atoms with E-state index in [1.807, 2.05) is 49.4 Å². The molecule has 0 amide bonds. The second kappa shape index (κ2) is 5.43. The Morgan fingerprint density at radius 2 is 1.59 bits per heavy atom. The zero-order valence-corrected chi connectivity index (χ0v) is 12.4. The molecule has 0 N–H and O–H groups in total. The number of halogens is 3. The molecule has 2 aromatic carbocycles. The molecule has 0 aromatic heterocycles. The lowest BCUT2D eigenvalue weighted by atomic mass is 10.0. The zero-order valence-electron chi connectivity index (χ0n) is 9.25. The van der Waals surface area contributed by atoms with E-state index in [4.69, 9.17) is 23.2 Å². The van der Waals surface area contributed by atoms with Gasteiger partial charge in [0.15, 0.2) is 0 Å². The maximum Gasteiger partial charge on any atom is 0.0835 e. The maximum atomic E-state index is 6.43. The van der Waals surface area contributed by atoms with Crippen molar-refractivity contribution in [3.8, 4) is 0 Å². The molecule has 0 spiro atoms. The molecule has 17 heavy (non-hydrogen) atoms. The quantitative estimate of drug-likeness (QED) is 0.616. The third-order valence-corrected chi connectivity index (χ3v) is 4.09. The highest BCUT2D eigenvalue weighted by molar-refractivity contribution is 9.10. The van der Waals surface area contributed by atoms with Gasteiger partial charge in [-0.15, -0.1) is 11.6 Å². The average molecular weight is 330 g/mol. The van der Waals surface area contributed by atoms with Crippen LogP contribution in [0.1, 0.15) is 22.1 Å². The van der Waals surface area contributed by atoms with Crippen LogP contribution in [0.4, 0.5) is 0 Å². The van der Waals surface area contributed by atoms with Gasteiger partial charge in [0.2, 0.25) is 0 Å². The van der Waals surface area contributed by atoms with Gasteiger partial charge in [-0.2, -0.15) is 0 Å². The summed E-state index contributed by atoms with van der Waals surface area (Å²) in [7, 11) is 0. The fraction of sp³-hybridized carbons (Fsp3) is 0.143. The summed E-state index contributed by atoms with van der Waals surface area (Å²) in [6, 6.07) is 13.9. The lowest BCUT2D eigenvalue weighted by Gasteiger charge is -2.11. The van der Waals surface area contributed by atoms with Crippen LogP contribution in [-0.4, -0.2) is 0 Å². The highest BCUT2D eigenvalue weighted by Crippen LogP contribution is 2.31. The molecule has 0 heterocycles. The van der Waals surface area contributed by atoms with Gasteiger partial charge in [0.1, 0.15) is 0 Å². The Labute approximate surface area is 120 Å². The van der Waals surface area contributed by atoms with Crippen LogP contribution in [0.25, 0.3) is 0 Å². The molecular weight excluding hydrogens is 319 g/mol. The standard InChI is InChI=1S/C14H11BrCl2/c1-9-2-3-11(8-13(9)16)14(17)10-4-6-12(15)7-5-10/h2-8,14H,1H3. The number of aryl methyl sites for hydroxylation is 1. The second-order valence-corrected chi connectivity index (χ2v) is 5.68. The van der Waals surface area contributed by atoms with Crippen molar-refractivity contribution >= 4 is 39.1 Å². The van der Waals surface area contributed by atoms with Crippen LogP contribution in [0, 0.1) is 6.92 Å². The van der Waals surface area contributed by atoms with E-state index in [2.05, 4.69) is 15.9 Å². The van der Waals surface area contributed by atoms with Crippen molar-refractivity contribution in [2.75, 3.05) is 0 Å². The van der Waals surface area contributed by atoms with Gasteiger partial charge in [-0.25, -0.2) is 0 Å². The van der Waals surface area contributed by atoms with E-state index in [0.29, 0.717) is 0 Å². The molecule has 2 aromatic rings. The largest absolute Gasteiger partial charge is 0.113 e. The van der Waals surface area contributed by atoms with Gasteiger partial charge in [0, 0.05) is 9.50 Å². The Kier molecular flexibility index (Phi) is 4.13. The van der Waals surface area contributed by atoms with Crippen molar-refractivity contribution in [2.45, 2.75) is 12.3 Å². The van der Waals surface area contributed by atoms with E-state index in [1.165, 1.54) is 0 Å². The van der Waals surface area contributed by atoms with Crippen LogP contribution in [-0.2, 0) is 0 Å². The van der Waals surface area contributed by atoms with Crippen LogP contribution in [0.2, 0.25) is 5.02 Å². The van der Waals surface area contributed by atoms with Crippen LogP contribution in [0.15, 0.2) is 46.9 Å². The summed E-state index contributed by atoms with van der Waals surface area (Å²) < 4.78 is 1.05. The number of benzene rings is 2. The third kappa shape index (κ3) is 3.04. The van der Waals surface area contributed by atoms with Gasteiger partial charge in [-0.1, -0.05) is 51.8 Å². The summed E-state index contributed by atoms with van der Waals surface area (Å²) in [5.41, 5.74) is 3.15. The normalized spacial score (nSPS) is 12.5. The molecular formula is C14H11BrCl2. The Morgan fingerprint density at radius 3 is 2.18 bits per heavy atom. The predicted molar refractivity (Wildman–Crippen MR) is 78.0 cm³/mol. The summed E-state index contributed by atoms with van der Waals surface area (Å²) in [5, 5.41) is 0.589. The molecule has 2 rings (SSSR count). The predicted octanol–water partition coefficient (Wildman–Crippen LogP) is 5.74. The van der Waals surface area contributed by atoms with Crippen molar-refractivity contribution < 1.29 is 0 Å². The molecule has 0 nitrogen and oxygen atoms in total. The summed E-state index contributed by atoms with van der Waals surface area (Å²) >= 11 is 15.9. The minimum atomic E-state index is -0.166. The SMILES string of the molecule is Cc1ccc(C(Cl)c2ccc(Br)cc2)cc1Cl. The minimum absolute atomic E-state index is 0.166. The molecule has 1 unspecified atom stereocenters. The third-order valence-electron chi connectivity index (χ3n) is 2.65. The first-order chi connectivity index (χ1) is 8.08. The molecule has 0 aliphatic heterocycles. The van der Waals surface area contributed by atoms with Crippen LogP contribution >= 0.6 is 39.1 Å². The number of rotatable bonds is 2. The molecule has 0 radical (unpaired) electrons. The second-order valence-electron chi connectivity index (χ2n) is 3.92. The van der Waals surface area contributed by atoms with E-state index in [-0.39, 0.29) is 5.38 Å². The van der Waals surface area contributed by atoms with E-state index in [9.17, 15) is 0 Å². The van der Waals surface area contributed by atoms with Gasteiger partial charge in [-0.3, -0.25) is 0 Å². The molecule has 0 saturated heterocycles. The van der Waals surface area contributed by atoms with Gasteiger partial charge >= 0.3 is 0 Å². The van der Waals surface area contributed by atoms with Gasteiger partial charge in [-0.05, 0) is 41.8 Å². The van der Waals surface area contributed by atoms with Gasteiger partial charge in [0.05, 0.1) is 5.38 Å². The summed E-state index contributed by atoms with van der Waals surface area (Å²) in [5.74, 6) is 0. The molecule has 3 heteroatoms. The van der Waals surface area contributed by atoms with E-state index in [0.717, 1.165) is 26.2 Å². The lowest BCUT2D eigenvalue weighted by molar-refractivity contribution is 1.13. The molecule has 1 atom stereocenters. The Balaban J connectivity index is 2.33. The van der Waals surface area contributed by atoms with Gasteiger partial charge in [0.25, 0.3) is 0 Å². The van der Waals surface area contributed by atoms with E-state index in [1.54, 1.807) is 0 Å². The van der Waals surface area contributed by atoms with E-state index >= 15 is 0 Å². The number of alkyl halides is 1. The molecule has 88 valence electrons. The van der Waals surface area contributed by atoms with E-state index < -0.39 is 0 Å². The Morgan fingerprint density at radius 1 is 1.00 bits per heavy atom. The van der Waals surface area contributed by atoms with Crippen LogP contribution in [0.5, 0.6) is 0 Å². The highest BCUT2D eigenvalue weighted by atomic mass is 79.9. The average Bonchev–Trinajstić information content (AvgIpc) is 2.33. The van der Waals surface area contributed by atoms with Crippen LogP contribution < -0.4 is 0 Å². The zero-order chi connectivity index (χ0) is 12.4. The first-order valence-corrected chi connectivity index (χ1v) is 6.84. The monoisotopic (exact) mass is 328 g/mol. The molecule has 0 fully saturated rings. The summed E-state index contributed by atoms with van der Waals surface area (Å²) in [6.07, 6.45) is 0. The van der Waals surface area contributed by atoms with Gasteiger partial charge < -0.3 is 0 Å². The van der Waals surface area contributed by atoms with Crippen molar-refractivity contribution in [1.29, 1.82) is 0 Å². The highest BCUT2D eigenvalue weighted by Gasteiger charge is 2.11.